The zero-order chi connectivity index (χ0) is 21.9. The number of nitrogens with zero attached hydrogens (tertiary/aromatic N) is 3. The number of methoxy groups -OCH3 is 1. The number of para-hydroxylation sites is 1. The van der Waals surface area contributed by atoms with Gasteiger partial charge in [-0.2, -0.15) is 0 Å². The summed E-state index contributed by atoms with van der Waals surface area (Å²) in [6, 6.07) is 11.7. The summed E-state index contributed by atoms with van der Waals surface area (Å²) in [6.07, 6.45) is 2.86. The molecule has 1 unspecified atom stereocenters. The van der Waals surface area contributed by atoms with E-state index in [1.807, 2.05) is 69.1 Å². The molecule has 0 bridgehead atoms. The molecule has 0 spiro atoms. The molecule has 3 rings (SSSR count). The number of hydrogen-bond acceptors (Lipinski definition) is 3. The molecule has 0 radical (unpaired) electrons. The molecule has 162 valence electrons. The van der Waals surface area contributed by atoms with Crippen molar-refractivity contribution in [1.82, 2.24) is 14.4 Å². The summed E-state index contributed by atoms with van der Waals surface area (Å²) in [7, 11) is 1.65. The molecule has 0 fully saturated rings. The predicted molar refractivity (Wildman–Crippen MR) is 117 cm³/mol. The van der Waals surface area contributed by atoms with E-state index in [0.29, 0.717) is 13.1 Å². The van der Waals surface area contributed by atoms with E-state index in [1.165, 1.54) is 0 Å². The van der Waals surface area contributed by atoms with Crippen LogP contribution in [0.1, 0.15) is 51.4 Å². The van der Waals surface area contributed by atoms with E-state index in [-0.39, 0.29) is 24.4 Å². The molecule has 2 aromatic rings. The predicted octanol–water partition coefficient (Wildman–Crippen LogP) is 3.71. The Morgan fingerprint density at radius 3 is 2.53 bits per heavy atom. The highest BCUT2D eigenvalue weighted by molar-refractivity contribution is 5.87. The topological polar surface area (TPSA) is 54.8 Å². The van der Waals surface area contributed by atoms with Gasteiger partial charge in [-0.05, 0) is 24.6 Å². The lowest BCUT2D eigenvalue weighted by molar-refractivity contribution is -0.146. The normalized spacial score (nSPS) is 16.2. The van der Waals surface area contributed by atoms with Gasteiger partial charge in [0.15, 0.2) is 0 Å². The van der Waals surface area contributed by atoms with E-state index < -0.39 is 5.41 Å². The zero-order valence-corrected chi connectivity index (χ0v) is 18.7. The molecule has 30 heavy (non-hydrogen) atoms. The summed E-state index contributed by atoms with van der Waals surface area (Å²) in [5.41, 5.74) is 1.49. The van der Waals surface area contributed by atoms with Crippen molar-refractivity contribution in [3.05, 3.63) is 53.9 Å². The van der Waals surface area contributed by atoms with Gasteiger partial charge >= 0.3 is 0 Å². The quantitative estimate of drug-likeness (QED) is 0.728. The lowest BCUT2D eigenvalue weighted by atomic mass is 9.94. The summed E-state index contributed by atoms with van der Waals surface area (Å²) < 4.78 is 7.79. The van der Waals surface area contributed by atoms with Crippen LogP contribution in [0.25, 0.3) is 0 Å². The number of ether oxygens (including phenoxy) is 1. The lowest BCUT2D eigenvalue weighted by Crippen LogP contribution is -2.50. The molecule has 2 amide bonds. The van der Waals surface area contributed by atoms with Crippen molar-refractivity contribution >= 4 is 11.8 Å². The number of carbonyl (C=O) groups excluding carboxylic acids is 2. The van der Waals surface area contributed by atoms with Crippen LogP contribution in [0.3, 0.4) is 0 Å². The molecule has 2 heterocycles. The number of hydrogen-bond donors (Lipinski definition) is 0. The second-order valence-corrected chi connectivity index (χ2v) is 8.83. The minimum Gasteiger partial charge on any atom is -0.496 e. The molecule has 0 N–H and O–H groups in total. The molecule has 0 saturated heterocycles. The molecule has 0 aliphatic carbocycles. The maximum atomic E-state index is 13.5. The summed E-state index contributed by atoms with van der Waals surface area (Å²) >= 11 is 0. The molecule has 1 aliphatic heterocycles. The third-order valence-corrected chi connectivity index (χ3v) is 5.54. The maximum Gasteiger partial charge on any atom is 0.243 e. The second-order valence-electron chi connectivity index (χ2n) is 8.83. The summed E-state index contributed by atoms with van der Waals surface area (Å²) in [5.74, 6) is 0.725. The van der Waals surface area contributed by atoms with Gasteiger partial charge in [-0.1, -0.05) is 45.9 Å². The van der Waals surface area contributed by atoms with E-state index in [4.69, 9.17) is 4.74 Å². The van der Waals surface area contributed by atoms with Gasteiger partial charge in [0.1, 0.15) is 11.8 Å². The minimum absolute atomic E-state index is 0.00641. The molecular weight excluding hydrogens is 378 g/mol. The highest BCUT2D eigenvalue weighted by atomic mass is 16.5. The van der Waals surface area contributed by atoms with Crippen LogP contribution in [-0.4, -0.2) is 52.9 Å². The summed E-state index contributed by atoms with van der Waals surface area (Å²) in [5, 5.41) is 0. The molecule has 6 nitrogen and oxygen atoms in total. The Morgan fingerprint density at radius 2 is 1.87 bits per heavy atom. The first-order valence-corrected chi connectivity index (χ1v) is 10.6. The van der Waals surface area contributed by atoms with Crippen molar-refractivity contribution < 1.29 is 14.3 Å². The Labute approximate surface area is 179 Å². The van der Waals surface area contributed by atoms with Gasteiger partial charge in [0.05, 0.1) is 13.7 Å². The van der Waals surface area contributed by atoms with Crippen molar-refractivity contribution in [2.24, 2.45) is 5.41 Å². The number of carbonyl (C=O) groups is 2. The maximum absolute atomic E-state index is 13.5. The van der Waals surface area contributed by atoms with Crippen LogP contribution >= 0.6 is 0 Å². The first-order chi connectivity index (χ1) is 14.3. The van der Waals surface area contributed by atoms with Gasteiger partial charge in [-0.15, -0.1) is 0 Å². The molecule has 1 aliphatic rings. The van der Waals surface area contributed by atoms with Crippen molar-refractivity contribution in [3.63, 3.8) is 0 Å². The number of fused-ring (bicyclic) bond motifs is 1. The van der Waals surface area contributed by atoms with Gasteiger partial charge in [-0.25, -0.2) is 0 Å². The first-order valence-electron chi connectivity index (χ1n) is 10.6. The van der Waals surface area contributed by atoms with Gasteiger partial charge in [-0.3, -0.25) is 9.59 Å². The third kappa shape index (κ3) is 4.37. The standard InChI is InChI=1S/C24H33N3O3/c1-6-13-26(23(29)24(2,3)4)17-21(28)27-16-15-25-14-9-11-19(25)22(27)18-10-7-8-12-20(18)30-5/h7-12,14,22H,6,13,15-17H2,1-5H3. The van der Waals surface area contributed by atoms with Crippen LogP contribution in [0.2, 0.25) is 0 Å². The van der Waals surface area contributed by atoms with E-state index in [0.717, 1.165) is 30.0 Å². The SMILES string of the molecule is CCCN(CC(=O)N1CCn2cccc2C1c1ccccc1OC)C(=O)C(C)(C)C. The Bertz CT molecular complexity index is 897. The molecule has 0 saturated carbocycles. The number of aromatic nitrogens is 1. The van der Waals surface area contributed by atoms with Crippen LogP contribution in [0.5, 0.6) is 5.75 Å². The van der Waals surface area contributed by atoms with Gasteiger partial charge < -0.3 is 19.1 Å². The Kier molecular flexibility index (Phi) is 6.54. The van der Waals surface area contributed by atoms with Crippen LogP contribution in [-0.2, 0) is 16.1 Å². The number of amides is 2. The Morgan fingerprint density at radius 1 is 1.13 bits per heavy atom. The second kappa shape index (κ2) is 8.94. The summed E-state index contributed by atoms with van der Waals surface area (Å²) in [4.78, 5) is 30.0. The average molecular weight is 412 g/mol. The van der Waals surface area contributed by atoms with E-state index in [2.05, 4.69) is 10.6 Å². The molecule has 6 heteroatoms. The molecule has 1 aromatic heterocycles. The fraction of sp³-hybridized carbons (Fsp3) is 0.500. The molecule has 1 aromatic carbocycles. The fourth-order valence-corrected chi connectivity index (χ4v) is 4.12. The third-order valence-electron chi connectivity index (χ3n) is 5.54. The van der Waals surface area contributed by atoms with E-state index in [9.17, 15) is 9.59 Å². The Hall–Kier alpha value is -2.76. The summed E-state index contributed by atoms with van der Waals surface area (Å²) in [6.45, 7) is 9.71. The van der Waals surface area contributed by atoms with Crippen LogP contribution in [0.4, 0.5) is 0 Å². The highest BCUT2D eigenvalue weighted by Crippen LogP contribution is 2.37. The smallest absolute Gasteiger partial charge is 0.243 e. The number of rotatable bonds is 6. The van der Waals surface area contributed by atoms with Crippen molar-refractivity contribution in [2.75, 3.05) is 26.7 Å². The molecule has 1 atom stereocenters. The first kappa shape index (κ1) is 21.9. The van der Waals surface area contributed by atoms with Crippen LogP contribution < -0.4 is 4.74 Å². The lowest BCUT2D eigenvalue weighted by Gasteiger charge is -2.39. The van der Waals surface area contributed by atoms with Crippen LogP contribution in [0.15, 0.2) is 42.6 Å². The zero-order valence-electron chi connectivity index (χ0n) is 18.7. The van der Waals surface area contributed by atoms with E-state index >= 15 is 0 Å². The largest absolute Gasteiger partial charge is 0.496 e. The van der Waals surface area contributed by atoms with Gasteiger partial charge in [0.25, 0.3) is 0 Å². The van der Waals surface area contributed by atoms with E-state index in [1.54, 1.807) is 12.0 Å². The van der Waals surface area contributed by atoms with Crippen LogP contribution in [0, 0.1) is 5.41 Å². The minimum atomic E-state index is -0.520. The van der Waals surface area contributed by atoms with Crippen molar-refractivity contribution in [2.45, 2.75) is 46.7 Å². The highest BCUT2D eigenvalue weighted by Gasteiger charge is 2.36. The van der Waals surface area contributed by atoms with Crippen molar-refractivity contribution in [1.29, 1.82) is 0 Å². The average Bonchev–Trinajstić information content (AvgIpc) is 3.20. The van der Waals surface area contributed by atoms with Crippen molar-refractivity contribution in [3.8, 4) is 5.75 Å². The monoisotopic (exact) mass is 411 g/mol. The molecular formula is C24H33N3O3. The number of benzene rings is 1. The van der Waals surface area contributed by atoms with Gasteiger partial charge in [0, 0.05) is 42.5 Å². The fourth-order valence-electron chi connectivity index (χ4n) is 4.12. The van der Waals surface area contributed by atoms with Gasteiger partial charge in [0.2, 0.25) is 11.8 Å². The Balaban J connectivity index is 1.94.